The van der Waals surface area contributed by atoms with Crippen molar-refractivity contribution in [2.45, 2.75) is 33.7 Å². The van der Waals surface area contributed by atoms with Crippen molar-refractivity contribution in [3.8, 4) is 11.3 Å². The van der Waals surface area contributed by atoms with Crippen molar-refractivity contribution in [1.29, 1.82) is 0 Å². The molecule has 0 amide bonds. The molecular weight excluding hydrogens is 466 g/mol. The molecule has 0 bridgehead atoms. The van der Waals surface area contributed by atoms with E-state index in [9.17, 15) is 0 Å². The Morgan fingerprint density at radius 1 is 0.730 bits per heavy atom. The lowest BCUT2D eigenvalue weighted by atomic mass is 9.38. The second-order valence-electron chi connectivity index (χ2n) is 10.5. The Bertz CT molecular complexity index is 1810. The third kappa shape index (κ3) is 3.56. The minimum absolute atomic E-state index is 0.146. The first-order valence-electron chi connectivity index (χ1n) is 13.2. The van der Waals surface area contributed by atoms with E-state index in [1.165, 1.54) is 66.2 Å². The van der Waals surface area contributed by atoms with Crippen molar-refractivity contribution in [1.82, 2.24) is 0 Å². The maximum Gasteiger partial charge on any atom is 0.407 e. The molecule has 0 saturated carbocycles. The summed E-state index contributed by atoms with van der Waals surface area (Å²) in [5, 5.41) is 2.80. The molecule has 0 aliphatic carbocycles. The van der Waals surface area contributed by atoms with Crippen molar-refractivity contribution in [2.75, 3.05) is 0 Å². The van der Waals surface area contributed by atoms with E-state index in [4.69, 9.17) is 0 Å². The molecule has 1 unspecified atom stereocenters. The van der Waals surface area contributed by atoms with Crippen molar-refractivity contribution in [2.24, 2.45) is 0 Å². The van der Waals surface area contributed by atoms with Gasteiger partial charge in [-0.15, -0.1) is 0 Å². The SMILES string of the molecule is Cc1cc(C)c(B(c2cccc3[n+]2CCc2ccccc2-3)c2cccc3c4ccccc4[pH][n+]23)c(C)c1. The second kappa shape index (κ2) is 8.72. The van der Waals surface area contributed by atoms with Gasteiger partial charge < -0.3 is 0 Å². The molecule has 2 nitrogen and oxygen atoms in total. The summed E-state index contributed by atoms with van der Waals surface area (Å²) < 4.78 is 5.18. The molecule has 7 rings (SSSR count). The van der Waals surface area contributed by atoms with Crippen LogP contribution >= 0.6 is 8.35 Å². The molecule has 3 aromatic heterocycles. The molecule has 0 saturated heterocycles. The maximum atomic E-state index is 2.59. The van der Waals surface area contributed by atoms with Crippen LogP contribution in [0, 0.1) is 20.8 Å². The molecule has 6 aromatic rings. The zero-order chi connectivity index (χ0) is 25.1. The number of pyridine rings is 2. The van der Waals surface area contributed by atoms with E-state index in [0.717, 1.165) is 13.0 Å². The van der Waals surface area contributed by atoms with E-state index in [1.54, 1.807) is 0 Å². The summed E-state index contributed by atoms with van der Waals surface area (Å²) in [7, 11) is 0.610. The lowest BCUT2D eigenvalue weighted by molar-refractivity contribution is -0.670. The van der Waals surface area contributed by atoms with Gasteiger partial charge in [0.15, 0.2) is 17.7 Å². The van der Waals surface area contributed by atoms with Gasteiger partial charge in [-0.05, 0) is 62.1 Å². The van der Waals surface area contributed by atoms with Gasteiger partial charge in [-0.3, -0.25) is 0 Å². The van der Waals surface area contributed by atoms with Gasteiger partial charge in [0.25, 0.3) is 0 Å². The fourth-order valence-corrected chi connectivity index (χ4v) is 8.01. The summed E-state index contributed by atoms with van der Waals surface area (Å²) in [5.74, 6) is 0. The maximum absolute atomic E-state index is 2.59. The first-order valence-corrected chi connectivity index (χ1v) is 14.1. The monoisotopic (exact) mass is 496 g/mol. The van der Waals surface area contributed by atoms with Gasteiger partial charge in [0.1, 0.15) is 8.35 Å². The fourth-order valence-electron chi connectivity index (χ4n) is 6.62. The quantitative estimate of drug-likeness (QED) is 0.251. The minimum Gasteiger partial charge on any atom is -0.204 e. The van der Waals surface area contributed by atoms with Gasteiger partial charge in [-0.2, -0.15) is 4.16 Å². The second-order valence-corrected chi connectivity index (χ2v) is 11.7. The van der Waals surface area contributed by atoms with Crippen LogP contribution in [0.3, 0.4) is 0 Å². The Kier molecular flexibility index (Phi) is 5.30. The van der Waals surface area contributed by atoms with E-state index in [2.05, 4.69) is 127 Å². The van der Waals surface area contributed by atoms with Crippen LogP contribution in [0.1, 0.15) is 22.3 Å². The Morgan fingerprint density at radius 2 is 1.46 bits per heavy atom. The molecule has 3 aromatic carbocycles. The lowest BCUT2D eigenvalue weighted by Crippen LogP contribution is -2.71. The molecule has 37 heavy (non-hydrogen) atoms. The highest BCUT2D eigenvalue weighted by atomic mass is 31.0. The molecule has 0 radical (unpaired) electrons. The molecule has 1 atom stereocenters. The largest absolute Gasteiger partial charge is 0.407 e. The normalized spacial score (nSPS) is 12.7. The number of nitrogens with zero attached hydrogens (tertiary/aromatic N) is 2. The summed E-state index contributed by atoms with van der Waals surface area (Å²) in [6.07, 6.45) is 1.07. The lowest BCUT2D eigenvalue weighted by Gasteiger charge is -2.21. The highest BCUT2D eigenvalue weighted by molar-refractivity contribution is 7.29. The first-order chi connectivity index (χ1) is 18.1. The summed E-state index contributed by atoms with van der Waals surface area (Å²) >= 11 is 0. The van der Waals surface area contributed by atoms with E-state index >= 15 is 0 Å². The van der Waals surface area contributed by atoms with Crippen molar-refractivity contribution in [3.63, 3.8) is 0 Å². The minimum atomic E-state index is 0.146. The van der Waals surface area contributed by atoms with Crippen LogP contribution in [0.25, 0.3) is 27.3 Å². The summed E-state index contributed by atoms with van der Waals surface area (Å²) in [6.45, 7) is 7.95. The van der Waals surface area contributed by atoms with Gasteiger partial charge in [0.05, 0.1) is 10.5 Å². The number of fused-ring (bicyclic) bond motifs is 6. The first kappa shape index (κ1) is 22.5. The van der Waals surface area contributed by atoms with Crippen LogP contribution in [-0.2, 0) is 13.0 Å². The van der Waals surface area contributed by atoms with Gasteiger partial charge >= 0.3 is 6.71 Å². The van der Waals surface area contributed by atoms with E-state index < -0.39 is 0 Å². The van der Waals surface area contributed by atoms with Crippen molar-refractivity contribution in [3.05, 3.63) is 119 Å². The highest BCUT2D eigenvalue weighted by Crippen LogP contribution is 2.26. The molecule has 0 fully saturated rings. The van der Waals surface area contributed by atoms with Crippen LogP contribution in [0.2, 0.25) is 0 Å². The Hall–Kier alpha value is -3.68. The third-order valence-corrected chi connectivity index (χ3v) is 9.49. The fraction of sp³-hybridized carbons (Fsp3) is 0.152. The van der Waals surface area contributed by atoms with Crippen LogP contribution in [0.15, 0.2) is 97.1 Å². The Morgan fingerprint density at radius 3 is 2.32 bits per heavy atom. The van der Waals surface area contributed by atoms with Gasteiger partial charge in [-0.1, -0.05) is 71.3 Å². The number of hydrogen-bond donors (Lipinski definition) is 0. The number of benzene rings is 3. The van der Waals surface area contributed by atoms with Crippen molar-refractivity contribution < 1.29 is 8.73 Å². The summed E-state index contributed by atoms with van der Waals surface area (Å²) in [4.78, 5) is 0. The molecule has 0 N–H and O–H groups in total. The number of rotatable bonds is 3. The molecule has 4 heteroatoms. The van der Waals surface area contributed by atoms with Crippen molar-refractivity contribution >= 4 is 47.7 Å². The number of hydrogen-bond acceptors (Lipinski definition) is 0. The summed E-state index contributed by atoms with van der Waals surface area (Å²) in [6, 6.07) is 36.4. The predicted molar refractivity (Wildman–Crippen MR) is 158 cm³/mol. The average Bonchev–Trinajstić information content (AvgIpc) is 3.29. The molecule has 1 aliphatic rings. The standard InChI is InChI=1S/C33H30BN2P/c1-22-20-23(2)33(24(3)21-22)34(32-17-9-14-29-27-12-6-7-15-30(27)37-36(29)32)31-16-8-13-28-26-11-5-4-10-25(26)18-19-35(28)31/h4-17,20-21,37H,18-19H2,1-3H3/q+2. The van der Waals surface area contributed by atoms with E-state index in [0.29, 0.717) is 8.35 Å². The molecule has 1 aliphatic heterocycles. The topological polar surface area (TPSA) is 7.98 Å². The number of aryl methyl sites for hydroxylation is 4. The molecule has 0 spiro atoms. The Labute approximate surface area is 220 Å². The van der Waals surface area contributed by atoms with E-state index in [1.807, 2.05) is 0 Å². The van der Waals surface area contributed by atoms with Gasteiger partial charge in [0.2, 0.25) is 11.2 Å². The van der Waals surface area contributed by atoms with Gasteiger partial charge in [-0.25, -0.2) is 4.57 Å². The zero-order valence-corrected chi connectivity index (χ0v) is 22.6. The molecule has 178 valence electrons. The third-order valence-electron chi connectivity index (χ3n) is 8.10. The van der Waals surface area contributed by atoms with E-state index in [-0.39, 0.29) is 6.71 Å². The molecular formula is C33H30BN2P+2. The molecule has 4 heterocycles. The zero-order valence-electron chi connectivity index (χ0n) is 21.6. The summed E-state index contributed by atoms with van der Waals surface area (Å²) in [5.41, 5.74) is 13.7. The Balaban J connectivity index is 1.56. The highest BCUT2D eigenvalue weighted by Gasteiger charge is 2.41. The number of aromatic nitrogens is 2. The van der Waals surface area contributed by atoms with Gasteiger partial charge in [0, 0.05) is 24.1 Å². The van der Waals surface area contributed by atoms with Crippen LogP contribution in [0.4, 0.5) is 0 Å². The van der Waals surface area contributed by atoms with Crippen LogP contribution in [-0.4, -0.2) is 6.71 Å². The van der Waals surface area contributed by atoms with Crippen LogP contribution in [0.5, 0.6) is 0 Å². The average molecular weight is 496 g/mol. The smallest absolute Gasteiger partial charge is 0.204 e. The van der Waals surface area contributed by atoms with Crippen LogP contribution < -0.4 is 25.4 Å². The predicted octanol–water partition coefficient (Wildman–Crippen LogP) is 4.56.